The molecule has 1 heterocycles. The number of hydrogen-bond donors (Lipinski definition) is 1. The number of aliphatic carboxylic acids is 1. The van der Waals surface area contributed by atoms with E-state index in [4.69, 9.17) is 14.6 Å². The van der Waals surface area contributed by atoms with E-state index in [2.05, 4.69) is 0 Å². The van der Waals surface area contributed by atoms with Gasteiger partial charge < -0.3 is 19.5 Å². The molecule has 6 nitrogen and oxygen atoms in total. The maximum Gasteiger partial charge on any atom is 0.329 e. The molecule has 0 aliphatic carbocycles. The molecule has 17 heavy (non-hydrogen) atoms. The van der Waals surface area contributed by atoms with Gasteiger partial charge in [-0.25, -0.2) is 4.79 Å². The van der Waals surface area contributed by atoms with Crippen LogP contribution in [0.25, 0.3) is 0 Å². The second kappa shape index (κ2) is 5.46. The van der Waals surface area contributed by atoms with Gasteiger partial charge in [0.15, 0.2) is 6.10 Å². The van der Waals surface area contributed by atoms with Gasteiger partial charge in [-0.1, -0.05) is 0 Å². The Bertz CT molecular complexity index is 296. The molecule has 1 unspecified atom stereocenters. The maximum atomic E-state index is 12.1. The van der Waals surface area contributed by atoms with Crippen LogP contribution in [-0.2, 0) is 19.1 Å². The predicted octanol–water partition coefficient (Wildman–Crippen LogP) is 0.114. The van der Waals surface area contributed by atoms with E-state index in [0.29, 0.717) is 19.8 Å². The van der Waals surface area contributed by atoms with Crippen LogP contribution in [0.4, 0.5) is 0 Å². The number of carbonyl (C=O) groups is 2. The highest BCUT2D eigenvalue weighted by atomic mass is 16.6. The molecule has 1 aliphatic heterocycles. The quantitative estimate of drug-likeness (QED) is 0.761. The van der Waals surface area contributed by atoms with Crippen LogP contribution >= 0.6 is 0 Å². The van der Waals surface area contributed by atoms with Crippen molar-refractivity contribution in [3.63, 3.8) is 0 Å². The third-order valence-electron chi connectivity index (χ3n) is 2.87. The predicted molar refractivity (Wildman–Crippen MR) is 59.7 cm³/mol. The van der Waals surface area contributed by atoms with E-state index in [-0.39, 0.29) is 12.5 Å². The van der Waals surface area contributed by atoms with Crippen LogP contribution in [0.1, 0.15) is 20.8 Å². The average Bonchev–Trinajstić information content (AvgIpc) is 2.30. The zero-order valence-electron chi connectivity index (χ0n) is 10.4. The summed E-state index contributed by atoms with van der Waals surface area (Å²) >= 11 is 0. The molecule has 1 fully saturated rings. The molecule has 0 radical (unpaired) electrons. The zero-order valence-corrected chi connectivity index (χ0v) is 10.4. The van der Waals surface area contributed by atoms with E-state index in [1.807, 2.05) is 0 Å². The van der Waals surface area contributed by atoms with Gasteiger partial charge in [0.25, 0.3) is 5.91 Å². The summed E-state index contributed by atoms with van der Waals surface area (Å²) in [5.41, 5.74) is -1.24. The topological polar surface area (TPSA) is 76.1 Å². The number of amides is 1. The van der Waals surface area contributed by atoms with Crippen molar-refractivity contribution < 1.29 is 24.2 Å². The Kier molecular flexibility index (Phi) is 4.47. The van der Waals surface area contributed by atoms with Crippen LogP contribution in [0.2, 0.25) is 0 Å². The summed E-state index contributed by atoms with van der Waals surface area (Å²) in [7, 11) is 0. The molecule has 0 aromatic heterocycles. The molecule has 1 saturated heterocycles. The molecular weight excluding hydrogens is 226 g/mol. The van der Waals surface area contributed by atoms with Crippen LogP contribution in [-0.4, -0.2) is 59.9 Å². The Morgan fingerprint density at radius 2 is 2.06 bits per heavy atom. The van der Waals surface area contributed by atoms with Crippen LogP contribution in [0.15, 0.2) is 0 Å². The number of nitrogens with zero attached hydrogens (tertiary/aromatic N) is 1. The summed E-state index contributed by atoms with van der Waals surface area (Å²) in [5.74, 6) is -1.37. The highest BCUT2D eigenvalue weighted by Gasteiger charge is 2.40. The van der Waals surface area contributed by atoms with Crippen molar-refractivity contribution in [1.29, 1.82) is 0 Å². The van der Waals surface area contributed by atoms with Crippen LogP contribution in [0, 0.1) is 0 Å². The first-order valence-electron chi connectivity index (χ1n) is 5.65. The van der Waals surface area contributed by atoms with Gasteiger partial charge in [0, 0.05) is 6.54 Å². The summed E-state index contributed by atoms with van der Waals surface area (Å²) < 4.78 is 10.4. The minimum absolute atomic E-state index is 0.186. The van der Waals surface area contributed by atoms with Gasteiger partial charge in [0.2, 0.25) is 0 Å². The normalized spacial score (nSPS) is 21.0. The third kappa shape index (κ3) is 2.95. The first-order valence-corrected chi connectivity index (χ1v) is 5.65. The standard InChI is InChI=1S/C11H19NO5/c1-4-12(11(2,3)10(14)15)9(13)8-7-16-5-6-17-8/h8H,4-7H2,1-3H3,(H,14,15). The molecule has 0 aromatic rings. The second-order valence-corrected chi connectivity index (χ2v) is 4.38. The van der Waals surface area contributed by atoms with Gasteiger partial charge in [-0.3, -0.25) is 4.79 Å². The SMILES string of the molecule is CCN(C(=O)C1COCCO1)C(C)(C)C(=O)O. The van der Waals surface area contributed by atoms with Gasteiger partial charge in [-0.15, -0.1) is 0 Å². The zero-order chi connectivity index (χ0) is 13.1. The molecule has 1 N–H and O–H groups in total. The number of carboxylic acid groups (broad SMARTS) is 1. The lowest BCUT2D eigenvalue weighted by molar-refractivity contribution is -0.170. The molecule has 0 saturated carbocycles. The van der Waals surface area contributed by atoms with Gasteiger partial charge in [0.05, 0.1) is 19.8 Å². The van der Waals surface area contributed by atoms with Crippen LogP contribution < -0.4 is 0 Å². The summed E-state index contributed by atoms with van der Waals surface area (Å²) in [5, 5.41) is 9.12. The molecule has 1 rings (SSSR count). The van der Waals surface area contributed by atoms with Crippen molar-refractivity contribution in [3.8, 4) is 0 Å². The fraction of sp³-hybridized carbons (Fsp3) is 0.818. The lowest BCUT2D eigenvalue weighted by Gasteiger charge is -2.37. The summed E-state index contributed by atoms with van der Waals surface area (Å²) in [6.45, 7) is 6.08. The number of ether oxygens (including phenoxy) is 2. The lowest BCUT2D eigenvalue weighted by Crippen LogP contribution is -2.57. The Morgan fingerprint density at radius 1 is 1.41 bits per heavy atom. The molecule has 0 aromatic carbocycles. The van der Waals surface area contributed by atoms with Gasteiger partial charge >= 0.3 is 5.97 Å². The molecule has 0 spiro atoms. The number of hydrogen-bond acceptors (Lipinski definition) is 4. The number of likely N-dealkylation sites (N-methyl/N-ethyl adjacent to an activating group) is 1. The Hall–Kier alpha value is -1.14. The van der Waals surface area contributed by atoms with Gasteiger partial charge in [0.1, 0.15) is 5.54 Å². The van der Waals surface area contributed by atoms with Crippen molar-refractivity contribution in [3.05, 3.63) is 0 Å². The van der Waals surface area contributed by atoms with Crippen molar-refractivity contribution in [2.75, 3.05) is 26.4 Å². The highest BCUT2D eigenvalue weighted by molar-refractivity contribution is 5.88. The van der Waals surface area contributed by atoms with Crippen LogP contribution in [0.3, 0.4) is 0 Å². The van der Waals surface area contributed by atoms with E-state index in [0.717, 1.165) is 0 Å². The Morgan fingerprint density at radius 3 is 2.47 bits per heavy atom. The van der Waals surface area contributed by atoms with Crippen molar-refractivity contribution in [2.24, 2.45) is 0 Å². The fourth-order valence-corrected chi connectivity index (χ4v) is 1.75. The monoisotopic (exact) mass is 245 g/mol. The average molecular weight is 245 g/mol. The molecule has 98 valence electrons. The van der Waals surface area contributed by atoms with E-state index in [9.17, 15) is 9.59 Å². The summed E-state index contributed by atoms with van der Waals surface area (Å²) in [6.07, 6.45) is -0.692. The van der Waals surface area contributed by atoms with E-state index >= 15 is 0 Å². The molecule has 6 heteroatoms. The highest BCUT2D eigenvalue weighted by Crippen LogP contribution is 2.17. The van der Waals surface area contributed by atoms with Gasteiger partial charge in [-0.2, -0.15) is 0 Å². The third-order valence-corrected chi connectivity index (χ3v) is 2.87. The largest absolute Gasteiger partial charge is 0.480 e. The van der Waals surface area contributed by atoms with Gasteiger partial charge in [-0.05, 0) is 20.8 Å². The molecule has 1 atom stereocenters. The maximum absolute atomic E-state index is 12.1. The smallest absolute Gasteiger partial charge is 0.329 e. The van der Waals surface area contributed by atoms with E-state index < -0.39 is 17.6 Å². The fourth-order valence-electron chi connectivity index (χ4n) is 1.75. The van der Waals surface area contributed by atoms with Crippen molar-refractivity contribution in [1.82, 2.24) is 4.90 Å². The van der Waals surface area contributed by atoms with E-state index in [1.54, 1.807) is 6.92 Å². The first-order chi connectivity index (χ1) is 7.91. The second-order valence-electron chi connectivity index (χ2n) is 4.38. The minimum Gasteiger partial charge on any atom is -0.480 e. The molecular formula is C11H19NO5. The summed E-state index contributed by atoms with van der Waals surface area (Å²) in [4.78, 5) is 24.6. The molecule has 1 amide bonds. The summed E-state index contributed by atoms with van der Waals surface area (Å²) in [6, 6.07) is 0. The number of rotatable bonds is 4. The van der Waals surface area contributed by atoms with E-state index in [1.165, 1.54) is 18.7 Å². The molecule has 0 bridgehead atoms. The molecule has 1 aliphatic rings. The Labute approximate surface area is 100 Å². The first kappa shape index (κ1) is 13.9. The minimum atomic E-state index is -1.24. The Balaban J connectivity index is 2.79. The van der Waals surface area contributed by atoms with Crippen molar-refractivity contribution in [2.45, 2.75) is 32.4 Å². The number of carbonyl (C=O) groups excluding carboxylic acids is 1. The lowest BCUT2D eigenvalue weighted by atomic mass is 10.0. The van der Waals surface area contributed by atoms with Crippen LogP contribution in [0.5, 0.6) is 0 Å². The number of carboxylic acids is 1. The van der Waals surface area contributed by atoms with Crippen molar-refractivity contribution >= 4 is 11.9 Å².